The van der Waals surface area contributed by atoms with Crippen molar-refractivity contribution in [3.8, 4) is 0 Å². The Morgan fingerprint density at radius 1 is 1.17 bits per heavy atom. The average molecular weight is 338 g/mol. The zero-order chi connectivity index (χ0) is 17.9. The van der Waals surface area contributed by atoms with Crippen LogP contribution >= 0.6 is 0 Å². The summed E-state index contributed by atoms with van der Waals surface area (Å²) in [5.74, 6) is -3.57. The van der Waals surface area contributed by atoms with Gasteiger partial charge in [0.1, 0.15) is 0 Å². The van der Waals surface area contributed by atoms with Crippen LogP contribution in [0.25, 0.3) is 0 Å². The number of morpholine rings is 1. The van der Waals surface area contributed by atoms with E-state index in [1.165, 1.54) is 0 Å². The number of carboxylic acid groups (broad SMARTS) is 2. The van der Waals surface area contributed by atoms with Crippen molar-refractivity contribution in [2.75, 3.05) is 38.2 Å². The fraction of sp³-hybridized carbons (Fsp3) is 0.438. The SMILES string of the molecule is Cc1cccc(NC(=O)CCN2CCOCC2)c1.O=C(O)C(=O)O. The summed E-state index contributed by atoms with van der Waals surface area (Å²) in [5.41, 5.74) is 2.03. The summed E-state index contributed by atoms with van der Waals surface area (Å²) in [6.45, 7) is 6.23. The maximum Gasteiger partial charge on any atom is 0.414 e. The number of carbonyl (C=O) groups is 3. The van der Waals surface area contributed by atoms with Crippen molar-refractivity contribution < 1.29 is 29.3 Å². The van der Waals surface area contributed by atoms with E-state index < -0.39 is 11.9 Å². The van der Waals surface area contributed by atoms with Gasteiger partial charge in [-0.2, -0.15) is 0 Å². The molecule has 1 saturated heterocycles. The van der Waals surface area contributed by atoms with Crippen LogP contribution in [0.5, 0.6) is 0 Å². The molecule has 1 amide bonds. The topological polar surface area (TPSA) is 116 Å². The highest BCUT2D eigenvalue weighted by molar-refractivity contribution is 6.27. The first-order chi connectivity index (χ1) is 11.4. The lowest BCUT2D eigenvalue weighted by Crippen LogP contribution is -2.38. The molecule has 0 saturated carbocycles. The van der Waals surface area contributed by atoms with E-state index in [9.17, 15) is 4.79 Å². The Bertz CT molecular complexity index is 557. The summed E-state index contributed by atoms with van der Waals surface area (Å²) in [4.78, 5) is 32.3. The number of anilines is 1. The summed E-state index contributed by atoms with van der Waals surface area (Å²) in [6, 6.07) is 7.86. The number of aryl methyl sites for hydroxylation is 1. The minimum absolute atomic E-state index is 0.0760. The van der Waals surface area contributed by atoms with Crippen LogP contribution in [0.2, 0.25) is 0 Å². The third-order valence-corrected chi connectivity index (χ3v) is 3.24. The number of hydrogen-bond donors (Lipinski definition) is 3. The first kappa shape index (κ1) is 19.6. The van der Waals surface area contributed by atoms with Crippen molar-refractivity contribution in [1.29, 1.82) is 0 Å². The summed E-state index contributed by atoms with van der Waals surface area (Å²) in [7, 11) is 0. The van der Waals surface area contributed by atoms with Gasteiger partial charge in [0.05, 0.1) is 13.2 Å². The van der Waals surface area contributed by atoms with Gasteiger partial charge in [0.25, 0.3) is 0 Å². The van der Waals surface area contributed by atoms with Gasteiger partial charge in [0.15, 0.2) is 0 Å². The van der Waals surface area contributed by atoms with Crippen LogP contribution in [-0.2, 0) is 19.1 Å². The Kier molecular flexibility index (Phi) is 8.45. The Balaban J connectivity index is 0.000000413. The largest absolute Gasteiger partial charge is 0.473 e. The highest BCUT2D eigenvalue weighted by Crippen LogP contribution is 2.10. The minimum Gasteiger partial charge on any atom is -0.473 e. The summed E-state index contributed by atoms with van der Waals surface area (Å²) < 4.78 is 5.27. The third kappa shape index (κ3) is 8.25. The van der Waals surface area contributed by atoms with Crippen molar-refractivity contribution in [2.24, 2.45) is 0 Å². The van der Waals surface area contributed by atoms with Gasteiger partial charge in [-0.05, 0) is 24.6 Å². The van der Waals surface area contributed by atoms with E-state index in [4.69, 9.17) is 24.5 Å². The molecule has 2 rings (SSSR count). The zero-order valence-electron chi connectivity index (χ0n) is 13.5. The summed E-state index contributed by atoms with van der Waals surface area (Å²) in [5, 5.41) is 17.7. The molecule has 132 valence electrons. The second-order valence-electron chi connectivity index (χ2n) is 5.23. The van der Waals surface area contributed by atoms with Crippen LogP contribution in [-0.4, -0.2) is 65.8 Å². The normalized spacial score (nSPS) is 14.2. The molecule has 0 radical (unpaired) electrons. The number of nitrogens with one attached hydrogen (secondary N) is 1. The molecule has 0 unspecified atom stereocenters. The second-order valence-corrected chi connectivity index (χ2v) is 5.23. The number of rotatable bonds is 4. The number of nitrogens with zero attached hydrogens (tertiary/aromatic N) is 1. The molecule has 8 heteroatoms. The number of carbonyl (C=O) groups excluding carboxylic acids is 1. The van der Waals surface area contributed by atoms with E-state index in [-0.39, 0.29) is 5.91 Å². The molecule has 1 aliphatic heterocycles. The van der Waals surface area contributed by atoms with Gasteiger partial charge in [-0.1, -0.05) is 12.1 Å². The highest BCUT2D eigenvalue weighted by atomic mass is 16.5. The molecule has 0 atom stereocenters. The van der Waals surface area contributed by atoms with Crippen molar-refractivity contribution in [1.82, 2.24) is 4.90 Å². The van der Waals surface area contributed by atoms with E-state index in [0.717, 1.165) is 44.1 Å². The van der Waals surface area contributed by atoms with E-state index in [2.05, 4.69) is 10.2 Å². The van der Waals surface area contributed by atoms with Gasteiger partial charge in [0.2, 0.25) is 5.91 Å². The van der Waals surface area contributed by atoms with Gasteiger partial charge in [0, 0.05) is 31.7 Å². The predicted octanol–water partition coefficient (Wildman–Crippen LogP) is 0.811. The molecule has 1 aromatic rings. The van der Waals surface area contributed by atoms with Crippen molar-refractivity contribution in [3.05, 3.63) is 29.8 Å². The number of carboxylic acids is 2. The van der Waals surface area contributed by atoms with Gasteiger partial charge < -0.3 is 20.3 Å². The predicted molar refractivity (Wildman–Crippen MR) is 87.0 cm³/mol. The number of ether oxygens (including phenoxy) is 1. The van der Waals surface area contributed by atoms with Crippen molar-refractivity contribution in [2.45, 2.75) is 13.3 Å². The zero-order valence-corrected chi connectivity index (χ0v) is 13.5. The van der Waals surface area contributed by atoms with E-state index in [1.54, 1.807) is 0 Å². The standard InChI is InChI=1S/C14H20N2O2.C2H2O4/c1-12-3-2-4-13(11-12)15-14(17)5-6-16-7-9-18-10-8-16;3-1(4)2(5)6/h2-4,11H,5-10H2,1H3,(H,15,17);(H,3,4)(H,5,6). The number of benzene rings is 1. The maximum absolute atomic E-state index is 11.8. The first-order valence-corrected chi connectivity index (χ1v) is 7.51. The molecule has 24 heavy (non-hydrogen) atoms. The minimum atomic E-state index is -1.82. The summed E-state index contributed by atoms with van der Waals surface area (Å²) >= 11 is 0. The van der Waals surface area contributed by atoms with Crippen LogP contribution in [0.4, 0.5) is 5.69 Å². The third-order valence-electron chi connectivity index (χ3n) is 3.24. The molecule has 1 aromatic carbocycles. The van der Waals surface area contributed by atoms with Gasteiger partial charge >= 0.3 is 11.9 Å². The molecule has 0 bridgehead atoms. The van der Waals surface area contributed by atoms with Crippen LogP contribution in [0, 0.1) is 6.92 Å². The molecular weight excluding hydrogens is 316 g/mol. The number of amides is 1. The first-order valence-electron chi connectivity index (χ1n) is 7.51. The smallest absolute Gasteiger partial charge is 0.414 e. The van der Waals surface area contributed by atoms with E-state index in [1.807, 2.05) is 31.2 Å². The van der Waals surface area contributed by atoms with E-state index >= 15 is 0 Å². The van der Waals surface area contributed by atoms with Crippen LogP contribution in [0.15, 0.2) is 24.3 Å². The highest BCUT2D eigenvalue weighted by Gasteiger charge is 2.11. The van der Waals surface area contributed by atoms with Gasteiger partial charge in [-0.3, -0.25) is 9.69 Å². The van der Waals surface area contributed by atoms with Crippen LogP contribution < -0.4 is 5.32 Å². The molecule has 0 aliphatic carbocycles. The molecular formula is C16H22N2O6. The lowest BCUT2D eigenvalue weighted by atomic mass is 10.2. The fourth-order valence-corrected chi connectivity index (χ4v) is 2.03. The Labute approximate surface area is 140 Å². The molecule has 1 heterocycles. The molecule has 1 aliphatic rings. The Hall–Kier alpha value is -2.45. The average Bonchev–Trinajstić information content (AvgIpc) is 2.54. The van der Waals surface area contributed by atoms with E-state index in [0.29, 0.717) is 6.42 Å². The Morgan fingerprint density at radius 3 is 2.33 bits per heavy atom. The molecule has 0 aromatic heterocycles. The van der Waals surface area contributed by atoms with Gasteiger partial charge in [-0.25, -0.2) is 9.59 Å². The van der Waals surface area contributed by atoms with Crippen LogP contribution in [0.3, 0.4) is 0 Å². The molecule has 0 spiro atoms. The fourth-order valence-electron chi connectivity index (χ4n) is 2.03. The van der Waals surface area contributed by atoms with Crippen molar-refractivity contribution in [3.63, 3.8) is 0 Å². The lowest BCUT2D eigenvalue weighted by Gasteiger charge is -2.26. The monoisotopic (exact) mass is 338 g/mol. The molecule has 3 N–H and O–H groups in total. The molecule has 8 nitrogen and oxygen atoms in total. The second kappa shape index (κ2) is 10.3. The maximum atomic E-state index is 11.8. The van der Waals surface area contributed by atoms with Crippen molar-refractivity contribution >= 4 is 23.5 Å². The molecule has 1 fully saturated rings. The lowest BCUT2D eigenvalue weighted by molar-refractivity contribution is -0.159. The van der Waals surface area contributed by atoms with Crippen LogP contribution in [0.1, 0.15) is 12.0 Å². The number of hydrogen-bond acceptors (Lipinski definition) is 5. The quantitative estimate of drug-likeness (QED) is 0.696. The van der Waals surface area contributed by atoms with Gasteiger partial charge in [-0.15, -0.1) is 0 Å². The summed E-state index contributed by atoms with van der Waals surface area (Å²) in [6.07, 6.45) is 0.536. The number of aliphatic carboxylic acids is 2. The Morgan fingerprint density at radius 2 is 1.79 bits per heavy atom.